The second kappa shape index (κ2) is 15.7. The number of benzene rings is 8. The molecule has 0 aliphatic rings. The van der Waals surface area contributed by atoms with E-state index < -0.39 is 11.6 Å². The van der Waals surface area contributed by atoms with Gasteiger partial charge in [0.25, 0.3) is 0 Å². The molecule has 310 valence electrons. The first kappa shape index (κ1) is 38.7. The van der Waals surface area contributed by atoms with Crippen LogP contribution in [0, 0.1) is 23.0 Å². The van der Waals surface area contributed by atoms with Gasteiger partial charge in [-0.25, -0.2) is 8.78 Å². The van der Waals surface area contributed by atoms with Crippen molar-refractivity contribution in [3.8, 4) is 73.3 Å². The van der Waals surface area contributed by atoms with Crippen LogP contribution in [0.15, 0.2) is 213 Å². The molecule has 8 aromatic carbocycles. The van der Waals surface area contributed by atoms with Crippen molar-refractivity contribution in [2.45, 2.75) is 0 Å². The van der Waals surface area contributed by atoms with E-state index in [-0.39, 0.29) is 0 Å². The van der Waals surface area contributed by atoms with E-state index in [0.717, 1.165) is 94.4 Å². The zero-order valence-corrected chi connectivity index (χ0v) is 35.2. The molecule has 0 atom stereocenters. The van der Waals surface area contributed by atoms with Crippen LogP contribution in [0.2, 0.25) is 0 Å². The van der Waals surface area contributed by atoms with Gasteiger partial charge in [-0.2, -0.15) is 5.26 Å². The van der Waals surface area contributed by atoms with Crippen molar-refractivity contribution in [1.82, 2.24) is 19.1 Å². The fraction of sp³-hybridized carbons (Fsp3) is 0. The van der Waals surface area contributed by atoms with E-state index >= 15 is 8.78 Å². The Morgan fingerprint density at radius 2 is 0.788 bits per heavy atom. The Labute approximate surface area is 378 Å². The van der Waals surface area contributed by atoms with Crippen LogP contribution in [0.3, 0.4) is 0 Å². The molecule has 0 saturated carbocycles. The number of aromatic nitrogens is 4. The molecule has 0 spiro atoms. The number of hydrogen-bond acceptors (Lipinski definition) is 3. The monoisotopic (exact) mass is 851 g/mol. The average molecular weight is 852 g/mol. The van der Waals surface area contributed by atoms with Crippen LogP contribution in [-0.4, -0.2) is 19.1 Å². The van der Waals surface area contributed by atoms with Crippen molar-refractivity contribution in [1.29, 1.82) is 5.26 Å². The Hall–Kier alpha value is -8.99. The van der Waals surface area contributed by atoms with Crippen LogP contribution in [0.25, 0.3) is 111 Å². The topological polar surface area (TPSA) is 59.4 Å². The minimum Gasteiger partial charge on any atom is -0.308 e. The summed E-state index contributed by atoms with van der Waals surface area (Å²) in [7, 11) is 0. The lowest BCUT2D eigenvalue weighted by Gasteiger charge is -2.19. The first-order valence-electron chi connectivity index (χ1n) is 21.7. The number of hydrogen-bond donors (Lipinski definition) is 0. The van der Waals surface area contributed by atoms with Gasteiger partial charge in [-0.1, -0.05) is 133 Å². The number of para-hydroxylation sites is 2. The van der Waals surface area contributed by atoms with Gasteiger partial charge in [0, 0.05) is 62.3 Å². The van der Waals surface area contributed by atoms with Gasteiger partial charge in [0.05, 0.1) is 44.8 Å². The highest BCUT2D eigenvalue weighted by Gasteiger charge is 2.24. The summed E-state index contributed by atoms with van der Waals surface area (Å²) in [5.41, 5.74) is 13.3. The third kappa shape index (κ3) is 6.35. The predicted octanol–water partition coefficient (Wildman–Crippen LogP) is 15.2. The average Bonchev–Trinajstić information content (AvgIpc) is 3.88. The standard InChI is InChI=1S/C59H35F2N5/c60-43-29-41(30-44(61)35-43)42-33-56(65-52-21-9-7-17-47(52)49-25-23-39(31-54(49)65)45-19-11-27-63-58(45)37-13-3-1-4-14-37)51(36-62)57(34-42)66-53-22-10-8-18-48(53)50-26-24-40(32-55(50)66)46-20-12-28-64-59(46)38-15-5-2-6-16-38/h1-35H. The molecule has 0 radical (unpaired) electrons. The SMILES string of the molecule is N#Cc1c(-n2c3ccccc3c3ccc(-c4cccnc4-c4ccccc4)cc32)cc(-c2cc(F)cc(F)c2)cc1-n1c2ccccc2c2ccc(-c3cccnc3-c3ccccc3)cc21. The van der Waals surface area contributed by atoms with Gasteiger partial charge < -0.3 is 9.13 Å². The number of fused-ring (bicyclic) bond motifs is 6. The lowest BCUT2D eigenvalue weighted by molar-refractivity contribution is 0.584. The first-order valence-corrected chi connectivity index (χ1v) is 21.7. The highest BCUT2D eigenvalue weighted by Crippen LogP contribution is 2.43. The first-order chi connectivity index (χ1) is 32.5. The maximum absolute atomic E-state index is 15.2. The molecule has 12 aromatic rings. The molecule has 5 nitrogen and oxygen atoms in total. The van der Waals surface area contributed by atoms with E-state index in [0.29, 0.717) is 28.1 Å². The summed E-state index contributed by atoms with van der Waals surface area (Å²) in [6.45, 7) is 0. The van der Waals surface area contributed by atoms with Crippen LogP contribution in [0.5, 0.6) is 0 Å². The van der Waals surface area contributed by atoms with Crippen LogP contribution in [0.4, 0.5) is 8.78 Å². The van der Waals surface area contributed by atoms with Crippen LogP contribution < -0.4 is 0 Å². The zero-order chi connectivity index (χ0) is 44.3. The van der Waals surface area contributed by atoms with Crippen molar-refractivity contribution >= 4 is 43.6 Å². The van der Waals surface area contributed by atoms with Crippen molar-refractivity contribution < 1.29 is 8.78 Å². The van der Waals surface area contributed by atoms with Crippen molar-refractivity contribution in [2.24, 2.45) is 0 Å². The van der Waals surface area contributed by atoms with Crippen molar-refractivity contribution in [3.05, 3.63) is 230 Å². The minimum absolute atomic E-state index is 0.341. The third-order valence-electron chi connectivity index (χ3n) is 12.6. The van der Waals surface area contributed by atoms with Crippen LogP contribution in [-0.2, 0) is 0 Å². The van der Waals surface area contributed by atoms with E-state index in [4.69, 9.17) is 9.97 Å². The van der Waals surface area contributed by atoms with Gasteiger partial charge in [0.2, 0.25) is 0 Å². The summed E-state index contributed by atoms with van der Waals surface area (Å²) in [5, 5.41) is 15.6. The van der Waals surface area contributed by atoms with Gasteiger partial charge in [-0.05, 0) is 82.9 Å². The van der Waals surface area contributed by atoms with E-state index in [1.165, 1.54) is 12.1 Å². The fourth-order valence-corrected chi connectivity index (χ4v) is 9.69. The van der Waals surface area contributed by atoms with Crippen LogP contribution >= 0.6 is 0 Å². The second-order valence-electron chi connectivity index (χ2n) is 16.4. The second-order valence-corrected chi connectivity index (χ2v) is 16.4. The molecule has 7 heteroatoms. The van der Waals surface area contributed by atoms with E-state index in [2.05, 4.69) is 112 Å². The number of rotatable bonds is 7. The van der Waals surface area contributed by atoms with Gasteiger partial charge in [0.1, 0.15) is 23.3 Å². The molecule has 66 heavy (non-hydrogen) atoms. The van der Waals surface area contributed by atoms with Gasteiger partial charge >= 0.3 is 0 Å². The largest absolute Gasteiger partial charge is 0.308 e. The molecular formula is C59H35F2N5. The highest BCUT2D eigenvalue weighted by molar-refractivity contribution is 6.12. The molecule has 12 rings (SSSR count). The Bertz CT molecular complexity index is 3680. The van der Waals surface area contributed by atoms with Gasteiger partial charge in [-0.15, -0.1) is 0 Å². The van der Waals surface area contributed by atoms with Gasteiger partial charge in [0.15, 0.2) is 0 Å². The number of halogens is 2. The number of nitrogens with zero attached hydrogens (tertiary/aromatic N) is 5. The summed E-state index contributed by atoms with van der Waals surface area (Å²) in [5.74, 6) is -1.39. The molecule has 0 fully saturated rings. The summed E-state index contributed by atoms with van der Waals surface area (Å²) >= 11 is 0. The molecule has 4 aromatic heterocycles. The van der Waals surface area contributed by atoms with E-state index in [1.54, 1.807) is 12.4 Å². The normalized spacial score (nSPS) is 11.5. The molecule has 0 aliphatic carbocycles. The predicted molar refractivity (Wildman–Crippen MR) is 263 cm³/mol. The zero-order valence-electron chi connectivity index (χ0n) is 35.2. The molecule has 0 bridgehead atoms. The fourth-order valence-electron chi connectivity index (χ4n) is 9.69. The molecule has 0 unspecified atom stereocenters. The smallest absolute Gasteiger partial charge is 0.126 e. The molecule has 0 saturated heterocycles. The minimum atomic E-state index is -0.697. The maximum atomic E-state index is 15.2. The van der Waals surface area contributed by atoms with Crippen molar-refractivity contribution in [3.63, 3.8) is 0 Å². The number of pyridine rings is 2. The summed E-state index contributed by atoms with van der Waals surface area (Å²) in [4.78, 5) is 9.67. The maximum Gasteiger partial charge on any atom is 0.126 e. The number of nitriles is 1. The van der Waals surface area contributed by atoms with E-state index in [1.807, 2.05) is 84.9 Å². The Morgan fingerprint density at radius 1 is 0.364 bits per heavy atom. The van der Waals surface area contributed by atoms with E-state index in [9.17, 15) is 5.26 Å². The lowest BCUT2D eigenvalue weighted by atomic mass is 9.97. The van der Waals surface area contributed by atoms with Crippen molar-refractivity contribution in [2.75, 3.05) is 0 Å². The summed E-state index contributed by atoms with van der Waals surface area (Å²) in [6.07, 6.45) is 3.61. The van der Waals surface area contributed by atoms with Gasteiger partial charge in [-0.3, -0.25) is 9.97 Å². The Balaban J connectivity index is 1.17. The summed E-state index contributed by atoms with van der Waals surface area (Å²) in [6, 6.07) is 67.3. The quantitative estimate of drug-likeness (QED) is 0.160. The third-order valence-corrected chi connectivity index (χ3v) is 12.6. The molecule has 0 amide bonds. The molecular weight excluding hydrogens is 817 g/mol. The summed E-state index contributed by atoms with van der Waals surface area (Å²) < 4.78 is 34.7. The molecule has 4 heterocycles. The van der Waals surface area contributed by atoms with Crippen LogP contribution in [0.1, 0.15) is 5.56 Å². The molecule has 0 aliphatic heterocycles. The Kier molecular flexibility index (Phi) is 9.18. The molecule has 0 N–H and O–H groups in total. The lowest BCUT2D eigenvalue weighted by Crippen LogP contribution is -2.05. The Morgan fingerprint density at radius 3 is 1.26 bits per heavy atom. The highest BCUT2D eigenvalue weighted by atomic mass is 19.1.